The Labute approximate surface area is 174 Å². The number of likely N-dealkylation sites (tertiary alicyclic amines) is 1. The van der Waals surface area contributed by atoms with Crippen molar-refractivity contribution in [3.05, 3.63) is 72.3 Å². The summed E-state index contributed by atoms with van der Waals surface area (Å²) in [6, 6.07) is 21.0. The summed E-state index contributed by atoms with van der Waals surface area (Å²) >= 11 is 0. The van der Waals surface area contributed by atoms with Gasteiger partial charge in [-0.25, -0.2) is 9.78 Å². The monoisotopic (exact) mass is 405 g/mol. The lowest BCUT2D eigenvalue weighted by molar-refractivity contribution is -0.129. The second-order valence-electron chi connectivity index (χ2n) is 7.13. The van der Waals surface area contributed by atoms with E-state index < -0.39 is 6.09 Å². The summed E-state index contributed by atoms with van der Waals surface area (Å²) in [5.74, 6) is 0.389. The van der Waals surface area contributed by atoms with Crippen molar-refractivity contribution in [2.24, 2.45) is 0 Å². The molecule has 3 aromatic rings. The summed E-state index contributed by atoms with van der Waals surface area (Å²) in [4.78, 5) is 30.4. The standard InChI is InChI=1S/C23H23N3O4/c27-22(14-24-23(28)29-16-17-6-2-1-3-7-17)26-13-12-19(15-26)30-21-11-10-18-8-4-5-9-20(18)25-21/h1-11,19H,12-16H2,(H,24,28). The Kier molecular flexibility index (Phi) is 6.08. The molecule has 0 saturated carbocycles. The molecule has 1 aliphatic heterocycles. The van der Waals surface area contributed by atoms with E-state index in [9.17, 15) is 9.59 Å². The number of hydrogen-bond acceptors (Lipinski definition) is 5. The van der Waals surface area contributed by atoms with Crippen LogP contribution in [0.2, 0.25) is 0 Å². The molecule has 0 aliphatic carbocycles. The Morgan fingerprint density at radius 3 is 2.70 bits per heavy atom. The van der Waals surface area contributed by atoms with Crippen molar-refractivity contribution in [2.75, 3.05) is 19.6 Å². The number of nitrogens with one attached hydrogen (secondary N) is 1. The van der Waals surface area contributed by atoms with Gasteiger partial charge in [0.05, 0.1) is 12.1 Å². The highest BCUT2D eigenvalue weighted by Crippen LogP contribution is 2.20. The molecule has 0 bridgehead atoms. The zero-order chi connectivity index (χ0) is 20.8. The minimum absolute atomic E-state index is 0.103. The number of aromatic nitrogens is 1. The minimum atomic E-state index is -0.612. The van der Waals surface area contributed by atoms with Crippen LogP contribution in [0.1, 0.15) is 12.0 Å². The highest BCUT2D eigenvalue weighted by atomic mass is 16.5. The number of fused-ring (bicyclic) bond motifs is 1. The van der Waals surface area contributed by atoms with Crippen LogP contribution in [0.3, 0.4) is 0 Å². The fourth-order valence-electron chi connectivity index (χ4n) is 3.37. The fourth-order valence-corrected chi connectivity index (χ4v) is 3.37. The third kappa shape index (κ3) is 5.05. The van der Waals surface area contributed by atoms with Crippen LogP contribution in [-0.2, 0) is 16.1 Å². The van der Waals surface area contributed by atoms with Crippen molar-refractivity contribution in [3.63, 3.8) is 0 Å². The van der Waals surface area contributed by atoms with Crippen LogP contribution in [0.15, 0.2) is 66.7 Å². The number of benzene rings is 2. The summed E-state index contributed by atoms with van der Waals surface area (Å²) in [6.45, 7) is 1.11. The van der Waals surface area contributed by atoms with Crippen molar-refractivity contribution in [1.29, 1.82) is 0 Å². The number of para-hydroxylation sites is 1. The average molecular weight is 405 g/mol. The van der Waals surface area contributed by atoms with E-state index in [1.54, 1.807) is 4.90 Å². The molecule has 1 aromatic heterocycles. The first-order valence-electron chi connectivity index (χ1n) is 9.92. The number of pyridine rings is 1. The van der Waals surface area contributed by atoms with Gasteiger partial charge >= 0.3 is 6.09 Å². The first-order chi connectivity index (χ1) is 14.7. The Bertz CT molecular complexity index is 1030. The second-order valence-corrected chi connectivity index (χ2v) is 7.13. The van der Waals surface area contributed by atoms with Crippen LogP contribution in [0.5, 0.6) is 5.88 Å². The summed E-state index contributed by atoms with van der Waals surface area (Å²) < 4.78 is 11.1. The zero-order valence-corrected chi connectivity index (χ0v) is 16.5. The molecule has 1 atom stereocenters. The lowest BCUT2D eigenvalue weighted by Crippen LogP contribution is -2.39. The Morgan fingerprint density at radius 2 is 1.83 bits per heavy atom. The van der Waals surface area contributed by atoms with E-state index in [4.69, 9.17) is 9.47 Å². The van der Waals surface area contributed by atoms with Gasteiger partial charge in [0, 0.05) is 24.4 Å². The molecule has 4 rings (SSSR count). The third-order valence-corrected chi connectivity index (χ3v) is 4.95. The van der Waals surface area contributed by atoms with Crippen molar-refractivity contribution >= 4 is 22.9 Å². The van der Waals surface area contributed by atoms with Crippen LogP contribution in [0.4, 0.5) is 4.79 Å². The molecule has 0 radical (unpaired) electrons. The molecule has 2 aromatic carbocycles. The quantitative estimate of drug-likeness (QED) is 0.681. The number of alkyl carbamates (subject to hydrolysis) is 1. The van der Waals surface area contributed by atoms with Gasteiger partial charge in [0.15, 0.2) is 0 Å². The number of carbonyl (C=O) groups excluding carboxylic acids is 2. The van der Waals surface area contributed by atoms with Crippen LogP contribution < -0.4 is 10.1 Å². The maximum Gasteiger partial charge on any atom is 0.407 e. The van der Waals surface area contributed by atoms with Gasteiger partial charge in [0.2, 0.25) is 11.8 Å². The van der Waals surface area contributed by atoms with E-state index in [-0.39, 0.29) is 25.2 Å². The van der Waals surface area contributed by atoms with Gasteiger partial charge in [-0.3, -0.25) is 4.79 Å². The first kappa shape index (κ1) is 19.7. The topological polar surface area (TPSA) is 80.8 Å². The molecule has 7 heteroatoms. The highest BCUT2D eigenvalue weighted by molar-refractivity contribution is 5.82. The molecular formula is C23H23N3O4. The number of rotatable bonds is 6. The van der Waals surface area contributed by atoms with Gasteiger partial charge in [-0.15, -0.1) is 0 Å². The Morgan fingerprint density at radius 1 is 1.03 bits per heavy atom. The van der Waals surface area contributed by atoms with Crippen LogP contribution in [0.25, 0.3) is 10.9 Å². The van der Waals surface area contributed by atoms with Gasteiger partial charge in [-0.1, -0.05) is 48.5 Å². The molecule has 2 heterocycles. The third-order valence-electron chi connectivity index (χ3n) is 4.95. The van der Waals surface area contributed by atoms with E-state index in [1.165, 1.54) is 0 Å². The van der Waals surface area contributed by atoms with Crippen molar-refractivity contribution < 1.29 is 19.1 Å². The normalized spacial score (nSPS) is 15.7. The van der Waals surface area contributed by atoms with Crippen molar-refractivity contribution in [3.8, 4) is 5.88 Å². The molecule has 30 heavy (non-hydrogen) atoms. The number of amides is 2. The SMILES string of the molecule is O=C(NCC(=O)N1CCC(Oc2ccc3ccccc3n2)C1)OCc1ccccc1. The molecule has 0 spiro atoms. The molecule has 1 aliphatic rings. The molecular weight excluding hydrogens is 382 g/mol. The molecule has 2 amide bonds. The van der Waals surface area contributed by atoms with Crippen LogP contribution in [-0.4, -0.2) is 47.6 Å². The molecule has 7 nitrogen and oxygen atoms in total. The number of nitrogens with zero attached hydrogens (tertiary/aromatic N) is 2. The highest BCUT2D eigenvalue weighted by Gasteiger charge is 2.28. The smallest absolute Gasteiger partial charge is 0.407 e. The number of carbonyl (C=O) groups is 2. The summed E-state index contributed by atoms with van der Waals surface area (Å²) in [6.07, 6.45) is -0.00850. The van der Waals surface area contributed by atoms with E-state index >= 15 is 0 Å². The van der Waals surface area contributed by atoms with Crippen molar-refractivity contribution in [2.45, 2.75) is 19.1 Å². The van der Waals surface area contributed by atoms with Gasteiger partial charge < -0.3 is 19.7 Å². The predicted octanol–water partition coefficient (Wildman–Crippen LogP) is 3.14. The van der Waals surface area contributed by atoms with E-state index in [1.807, 2.05) is 66.7 Å². The van der Waals surface area contributed by atoms with E-state index in [0.717, 1.165) is 22.9 Å². The largest absolute Gasteiger partial charge is 0.472 e. The molecule has 1 saturated heterocycles. The minimum Gasteiger partial charge on any atom is -0.472 e. The van der Waals surface area contributed by atoms with E-state index in [0.29, 0.717) is 19.0 Å². The zero-order valence-electron chi connectivity index (χ0n) is 16.5. The maximum absolute atomic E-state index is 12.4. The summed E-state index contributed by atoms with van der Waals surface area (Å²) in [5.41, 5.74) is 1.76. The van der Waals surface area contributed by atoms with Gasteiger partial charge in [0.1, 0.15) is 19.3 Å². The molecule has 154 valence electrons. The predicted molar refractivity (Wildman–Crippen MR) is 112 cm³/mol. The average Bonchev–Trinajstić information content (AvgIpc) is 3.25. The summed E-state index contributed by atoms with van der Waals surface area (Å²) in [5, 5.41) is 3.56. The Hall–Kier alpha value is -3.61. The lowest BCUT2D eigenvalue weighted by atomic mass is 10.2. The maximum atomic E-state index is 12.4. The van der Waals surface area contributed by atoms with Gasteiger partial charge in [-0.05, 0) is 17.7 Å². The molecule has 1 N–H and O–H groups in total. The van der Waals surface area contributed by atoms with E-state index in [2.05, 4.69) is 10.3 Å². The van der Waals surface area contributed by atoms with Crippen LogP contribution in [0, 0.1) is 0 Å². The first-order valence-corrected chi connectivity index (χ1v) is 9.92. The Balaban J connectivity index is 1.21. The van der Waals surface area contributed by atoms with Crippen molar-refractivity contribution in [1.82, 2.24) is 15.2 Å². The molecule has 1 fully saturated rings. The summed E-state index contributed by atoms with van der Waals surface area (Å²) in [7, 11) is 0. The number of ether oxygens (including phenoxy) is 2. The van der Waals surface area contributed by atoms with Gasteiger partial charge in [0.25, 0.3) is 0 Å². The van der Waals surface area contributed by atoms with Crippen LogP contribution >= 0.6 is 0 Å². The molecule has 1 unspecified atom stereocenters. The number of hydrogen-bond donors (Lipinski definition) is 1. The second kappa shape index (κ2) is 9.26. The lowest BCUT2D eigenvalue weighted by Gasteiger charge is -2.17. The fraction of sp³-hybridized carbons (Fsp3) is 0.261. The van der Waals surface area contributed by atoms with Gasteiger partial charge in [-0.2, -0.15) is 0 Å².